The van der Waals surface area contributed by atoms with Crippen molar-refractivity contribution in [3.8, 4) is 0 Å². The normalized spacial score (nSPS) is 16.4. The van der Waals surface area contributed by atoms with Crippen molar-refractivity contribution in [2.75, 3.05) is 0 Å². The van der Waals surface area contributed by atoms with Crippen LogP contribution in [0.2, 0.25) is 0 Å². The lowest BCUT2D eigenvalue weighted by atomic mass is 9.89. The van der Waals surface area contributed by atoms with E-state index < -0.39 is 5.63 Å². The Morgan fingerprint density at radius 3 is 2.83 bits per heavy atom. The highest BCUT2D eigenvalue weighted by Gasteiger charge is 2.23. The molecule has 3 heterocycles. The first-order valence-electron chi connectivity index (χ1n) is 9.94. The second-order valence-corrected chi connectivity index (χ2v) is 9.32. The van der Waals surface area contributed by atoms with Crippen LogP contribution >= 0.6 is 11.3 Å². The summed E-state index contributed by atoms with van der Waals surface area (Å²) < 4.78 is 7.01. The first-order valence-corrected chi connectivity index (χ1v) is 10.8. The van der Waals surface area contributed by atoms with Crippen LogP contribution in [-0.4, -0.2) is 9.55 Å². The minimum atomic E-state index is -0.403. The van der Waals surface area contributed by atoms with Crippen LogP contribution in [0, 0.1) is 19.8 Å². The van der Waals surface area contributed by atoms with Crippen LogP contribution in [-0.2, 0) is 19.4 Å². The van der Waals surface area contributed by atoms with Gasteiger partial charge in [-0.1, -0.05) is 6.92 Å². The van der Waals surface area contributed by atoms with Crippen molar-refractivity contribution in [3.63, 3.8) is 0 Å². The number of thiophene rings is 1. The van der Waals surface area contributed by atoms with E-state index in [2.05, 4.69) is 11.9 Å². The van der Waals surface area contributed by atoms with Gasteiger partial charge in [-0.05, 0) is 73.4 Å². The highest BCUT2D eigenvalue weighted by Crippen LogP contribution is 2.35. The molecule has 5 rings (SSSR count). The average Bonchev–Trinajstić information content (AvgIpc) is 3.03. The molecule has 0 spiro atoms. The fraction of sp³-hybridized carbons (Fsp3) is 0.348. The van der Waals surface area contributed by atoms with E-state index in [9.17, 15) is 9.59 Å². The highest BCUT2D eigenvalue weighted by molar-refractivity contribution is 7.18. The van der Waals surface area contributed by atoms with Gasteiger partial charge in [-0.25, -0.2) is 9.78 Å². The molecule has 6 heteroatoms. The summed E-state index contributed by atoms with van der Waals surface area (Å²) in [5.74, 6) is 0.652. The fourth-order valence-electron chi connectivity index (χ4n) is 4.28. The van der Waals surface area contributed by atoms with Gasteiger partial charge in [0.05, 0.1) is 18.3 Å². The lowest BCUT2D eigenvalue weighted by Crippen LogP contribution is -2.22. The van der Waals surface area contributed by atoms with Gasteiger partial charge < -0.3 is 4.42 Å². The van der Waals surface area contributed by atoms with E-state index in [-0.39, 0.29) is 5.56 Å². The Morgan fingerprint density at radius 2 is 2.00 bits per heavy atom. The molecule has 4 aromatic rings. The molecule has 0 fully saturated rings. The largest absolute Gasteiger partial charge is 0.423 e. The zero-order chi connectivity index (χ0) is 20.3. The van der Waals surface area contributed by atoms with Gasteiger partial charge in [0.2, 0.25) is 0 Å². The molecule has 0 saturated carbocycles. The number of fused-ring (bicyclic) bond motifs is 4. The Labute approximate surface area is 171 Å². The number of aryl methyl sites for hydroxylation is 3. The molecular formula is C23H22N2O3S. The van der Waals surface area contributed by atoms with Crippen LogP contribution in [0.5, 0.6) is 0 Å². The van der Waals surface area contributed by atoms with Crippen molar-refractivity contribution in [2.45, 2.75) is 46.6 Å². The van der Waals surface area contributed by atoms with E-state index in [0.717, 1.165) is 51.6 Å². The Hall–Kier alpha value is -2.73. The summed E-state index contributed by atoms with van der Waals surface area (Å²) in [4.78, 5) is 32.1. The summed E-state index contributed by atoms with van der Waals surface area (Å²) in [5, 5.41) is 1.62. The third kappa shape index (κ3) is 3.02. The van der Waals surface area contributed by atoms with Crippen molar-refractivity contribution < 1.29 is 4.42 Å². The molecule has 148 valence electrons. The number of hydrogen-bond acceptors (Lipinski definition) is 5. The van der Waals surface area contributed by atoms with Crippen LogP contribution in [0.15, 0.2) is 38.5 Å². The Kier molecular flexibility index (Phi) is 4.21. The van der Waals surface area contributed by atoms with Crippen molar-refractivity contribution >= 4 is 32.5 Å². The minimum absolute atomic E-state index is 0.0210. The molecular weight excluding hydrogens is 384 g/mol. The molecule has 0 amide bonds. The quantitative estimate of drug-likeness (QED) is 0.464. The molecule has 5 nitrogen and oxygen atoms in total. The predicted octanol–water partition coefficient (Wildman–Crippen LogP) is 4.35. The summed E-state index contributed by atoms with van der Waals surface area (Å²) in [6, 6.07) is 5.39. The topological polar surface area (TPSA) is 65.1 Å². The number of aromatic nitrogens is 2. The standard InChI is InChI=1S/C23H22N2O3S/c1-12-4-5-16-19(6-12)29-22-21(16)23(27)25(11-24-22)10-15-9-20(26)28-18-8-14(3)13(2)7-17(15)18/h7-9,11-12H,4-6,10H2,1-3H3/t12-/m1/s1. The molecule has 0 bridgehead atoms. The maximum Gasteiger partial charge on any atom is 0.336 e. The van der Waals surface area contributed by atoms with Gasteiger partial charge in [-0.3, -0.25) is 9.36 Å². The van der Waals surface area contributed by atoms with E-state index in [1.807, 2.05) is 26.0 Å². The van der Waals surface area contributed by atoms with Crippen LogP contribution in [0.3, 0.4) is 0 Å². The van der Waals surface area contributed by atoms with Gasteiger partial charge in [-0.2, -0.15) is 0 Å². The van der Waals surface area contributed by atoms with Gasteiger partial charge in [0, 0.05) is 16.3 Å². The Balaban J connectivity index is 1.66. The molecule has 0 radical (unpaired) electrons. The molecule has 0 aliphatic heterocycles. The monoisotopic (exact) mass is 406 g/mol. The highest BCUT2D eigenvalue weighted by atomic mass is 32.1. The molecule has 3 aromatic heterocycles. The van der Waals surface area contributed by atoms with Crippen molar-refractivity contribution in [3.05, 3.63) is 72.4 Å². The van der Waals surface area contributed by atoms with Gasteiger partial charge in [0.15, 0.2) is 0 Å². The Bertz CT molecular complexity index is 1390. The molecule has 1 atom stereocenters. The smallest absolute Gasteiger partial charge is 0.336 e. The molecule has 0 saturated heterocycles. The van der Waals surface area contributed by atoms with Gasteiger partial charge in [0.25, 0.3) is 5.56 Å². The molecule has 1 aliphatic carbocycles. The van der Waals surface area contributed by atoms with Crippen LogP contribution in [0.4, 0.5) is 0 Å². The summed E-state index contributed by atoms with van der Waals surface area (Å²) >= 11 is 1.65. The molecule has 0 N–H and O–H groups in total. The number of rotatable bonds is 2. The first-order chi connectivity index (χ1) is 13.9. The number of hydrogen-bond donors (Lipinski definition) is 0. The van der Waals surface area contributed by atoms with E-state index in [1.54, 1.807) is 22.2 Å². The average molecular weight is 407 g/mol. The molecule has 1 aromatic carbocycles. The lowest BCUT2D eigenvalue weighted by molar-refractivity contribution is 0.509. The second kappa shape index (κ2) is 6.66. The predicted molar refractivity (Wildman–Crippen MR) is 116 cm³/mol. The minimum Gasteiger partial charge on any atom is -0.423 e. The third-order valence-corrected chi connectivity index (χ3v) is 7.23. The zero-order valence-electron chi connectivity index (χ0n) is 16.7. The maximum absolute atomic E-state index is 13.3. The number of benzene rings is 1. The van der Waals surface area contributed by atoms with Gasteiger partial charge in [-0.15, -0.1) is 11.3 Å². The van der Waals surface area contributed by atoms with E-state index in [4.69, 9.17) is 4.42 Å². The molecule has 1 aliphatic rings. The van der Waals surface area contributed by atoms with E-state index in [0.29, 0.717) is 18.0 Å². The Morgan fingerprint density at radius 1 is 1.21 bits per heavy atom. The fourth-order valence-corrected chi connectivity index (χ4v) is 5.62. The van der Waals surface area contributed by atoms with Crippen LogP contribution in [0.1, 0.15) is 40.5 Å². The number of nitrogens with zero attached hydrogens (tertiary/aromatic N) is 2. The zero-order valence-corrected chi connectivity index (χ0v) is 17.6. The molecule has 0 unspecified atom stereocenters. The van der Waals surface area contributed by atoms with Crippen LogP contribution < -0.4 is 11.2 Å². The second-order valence-electron chi connectivity index (χ2n) is 8.23. The summed E-state index contributed by atoms with van der Waals surface area (Å²) in [6.07, 6.45) is 4.68. The summed E-state index contributed by atoms with van der Waals surface area (Å²) in [7, 11) is 0. The van der Waals surface area contributed by atoms with Gasteiger partial charge >= 0.3 is 5.63 Å². The summed E-state index contributed by atoms with van der Waals surface area (Å²) in [5.41, 5.74) is 4.28. The maximum atomic E-state index is 13.3. The van der Waals surface area contributed by atoms with Gasteiger partial charge in [0.1, 0.15) is 10.4 Å². The van der Waals surface area contributed by atoms with Crippen molar-refractivity contribution in [2.24, 2.45) is 5.92 Å². The van der Waals surface area contributed by atoms with Crippen molar-refractivity contribution in [1.29, 1.82) is 0 Å². The SMILES string of the molecule is Cc1cc2oc(=O)cc(Cn3cnc4sc5c(c4c3=O)CC[C@@H](C)C5)c2cc1C. The summed E-state index contributed by atoms with van der Waals surface area (Å²) in [6.45, 7) is 6.58. The van der Waals surface area contributed by atoms with E-state index >= 15 is 0 Å². The first kappa shape index (κ1) is 18.3. The molecule has 29 heavy (non-hydrogen) atoms. The lowest BCUT2D eigenvalue weighted by Gasteiger charge is -2.17. The van der Waals surface area contributed by atoms with Crippen LogP contribution in [0.25, 0.3) is 21.2 Å². The van der Waals surface area contributed by atoms with Crippen molar-refractivity contribution in [1.82, 2.24) is 9.55 Å². The third-order valence-electron chi connectivity index (χ3n) is 6.07. The van der Waals surface area contributed by atoms with E-state index in [1.165, 1.54) is 16.5 Å².